The van der Waals surface area contributed by atoms with Gasteiger partial charge in [-0.15, -0.1) is 0 Å². The lowest BCUT2D eigenvalue weighted by molar-refractivity contribution is -0.127. The largest absolute Gasteiger partial charge is 0.497 e. The number of nitrogens with one attached hydrogen (secondary N) is 2. The van der Waals surface area contributed by atoms with Crippen LogP contribution in [-0.4, -0.2) is 35.9 Å². The monoisotopic (exact) mass is 556 g/mol. The first-order chi connectivity index (χ1) is 19.9. The van der Waals surface area contributed by atoms with Gasteiger partial charge in [0.25, 0.3) is 0 Å². The molecule has 1 aliphatic carbocycles. The van der Waals surface area contributed by atoms with Crippen LogP contribution in [0.4, 0.5) is 11.5 Å². The average Bonchev–Trinajstić information content (AvgIpc) is 2.98. The molecule has 8 heteroatoms. The van der Waals surface area contributed by atoms with Crippen molar-refractivity contribution in [3.05, 3.63) is 83.6 Å². The van der Waals surface area contributed by atoms with Crippen LogP contribution in [0.15, 0.2) is 66.9 Å². The molecule has 0 spiro atoms. The Labute approximate surface area is 242 Å². The summed E-state index contributed by atoms with van der Waals surface area (Å²) in [4.78, 5) is 46.4. The van der Waals surface area contributed by atoms with Crippen molar-refractivity contribution in [3.8, 4) is 5.75 Å². The van der Waals surface area contributed by atoms with E-state index in [1.165, 1.54) is 6.42 Å². The van der Waals surface area contributed by atoms with Gasteiger partial charge in [0.15, 0.2) is 0 Å². The van der Waals surface area contributed by atoms with E-state index in [2.05, 4.69) is 15.6 Å². The Morgan fingerprint density at radius 1 is 0.976 bits per heavy atom. The molecule has 0 saturated heterocycles. The summed E-state index contributed by atoms with van der Waals surface area (Å²) >= 11 is 0. The normalized spacial score (nSPS) is 14.1. The molecule has 0 aliphatic heterocycles. The highest BCUT2D eigenvalue weighted by Crippen LogP contribution is 2.33. The maximum Gasteiger partial charge on any atom is 0.248 e. The van der Waals surface area contributed by atoms with Crippen LogP contribution >= 0.6 is 0 Å². The van der Waals surface area contributed by atoms with E-state index in [4.69, 9.17) is 4.74 Å². The average molecular weight is 557 g/mol. The van der Waals surface area contributed by atoms with Crippen LogP contribution in [0, 0.1) is 13.8 Å². The number of nitrogens with zero attached hydrogens (tertiary/aromatic N) is 2. The van der Waals surface area contributed by atoms with E-state index >= 15 is 0 Å². The number of anilines is 2. The molecule has 2 N–H and O–H groups in total. The number of rotatable bonds is 11. The third-order valence-corrected chi connectivity index (χ3v) is 7.51. The van der Waals surface area contributed by atoms with Crippen LogP contribution in [0.2, 0.25) is 0 Å². The Bertz CT molecular complexity index is 1320. The third kappa shape index (κ3) is 8.16. The lowest BCUT2D eigenvalue weighted by Gasteiger charge is -2.34. The van der Waals surface area contributed by atoms with Crippen molar-refractivity contribution < 1.29 is 19.1 Å². The van der Waals surface area contributed by atoms with E-state index < -0.39 is 6.04 Å². The molecule has 41 heavy (non-hydrogen) atoms. The zero-order chi connectivity index (χ0) is 29.2. The van der Waals surface area contributed by atoms with E-state index in [0.717, 1.165) is 36.8 Å². The number of pyridine rings is 1. The van der Waals surface area contributed by atoms with Gasteiger partial charge in [0.05, 0.1) is 7.11 Å². The molecule has 1 aliphatic rings. The number of amides is 3. The number of aryl methyl sites for hydroxylation is 2. The van der Waals surface area contributed by atoms with E-state index in [1.807, 2.05) is 56.3 Å². The van der Waals surface area contributed by atoms with E-state index in [0.29, 0.717) is 29.2 Å². The summed E-state index contributed by atoms with van der Waals surface area (Å²) in [5.41, 5.74) is 3.26. The molecule has 3 aromatic rings. The number of aromatic nitrogens is 1. The zero-order valence-electron chi connectivity index (χ0n) is 24.2. The minimum absolute atomic E-state index is 0.0860. The molecular formula is C33H40N4O4. The molecule has 0 unspecified atom stereocenters. The lowest BCUT2D eigenvalue weighted by atomic mass is 9.94. The fourth-order valence-electron chi connectivity index (χ4n) is 5.29. The lowest BCUT2D eigenvalue weighted by Crippen LogP contribution is -2.47. The van der Waals surface area contributed by atoms with Gasteiger partial charge in [-0.25, -0.2) is 4.98 Å². The van der Waals surface area contributed by atoms with Gasteiger partial charge in [0.2, 0.25) is 17.7 Å². The third-order valence-electron chi connectivity index (χ3n) is 7.51. The van der Waals surface area contributed by atoms with Crippen LogP contribution in [0.3, 0.4) is 0 Å². The standard InChI is InChI=1S/C33H40N4O4/c1-23-15-16-24(2)28(22-23)37(31(39)14-9-13-30(38)36-29-12-7-8-21-34-29)32(25-17-19-27(41-3)20-18-25)33(40)35-26-10-5-4-6-11-26/h7-8,12,15-22,26,32H,4-6,9-11,13-14H2,1-3H3,(H,35,40)(H,34,36,38)/t32-/m1/s1. The molecule has 4 rings (SSSR count). The molecule has 3 amide bonds. The topological polar surface area (TPSA) is 101 Å². The van der Waals surface area contributed by atoms with Crippen molar-refractivity contribution >= 4 is 29.2 Å². The Kier molecular flexibility index (Phi) is 10.5. The number of benzene rings is 2. The maximum absolute atomic E-state index is 14.1. The van der Waals surface area contributed by atoms with Gasteiger partial charge in [-0.05, 0) is 80.1 Å². The minimum atomic E-state index is -0.877. The fourth-order valence-corrected chi connectivity index (χ4v) is 5.29. The summed E-state index contributed by atoms with van der Waals surface area (Å²) in [6.45, 7) is 3.91. The summed E-state index contributed by atoms with van der Waals surface area (Å²) in [5, 5.41) is 6.02. The number of ether oxygens (including phenoxy) is 1. The maximum atomic E-state index is 14.1. The molecule has 0 bridgehead atoms. The van der Waals surface area contributed by atoms with Gasteiger partial charge in [0, 0.05) is 30.8 Å². The van der Waals surface area contributed by atoms with Crippen LogP contribution in [0.1, 0.15) is 74.1 Å². The number of hydrogen-bond acceptors (Lipinski definition) is 5. The number of carbonyl (C=O) groups excluding carboxylic acids is 3. The predicted octanol–water partition coefficient (Wildman–Crippen LogP) is 6.04. The Morgan fingerprint density at radius 2 is 1.73 bits per heavy atom. The second-order valence-corrected chi connectivity index (χ2v) is 10.7. The second-order valence-electron chi connectivity index (χ2n) is 10.7. The highest BCUT2D eigenvalue weighted by molar-refractivity contribution is 6.02. The number of methoxy groups -OCH3 is 1. The van der Waals surface area contributed by atoms with Crippen molar-refractivity contribution in [1.29, 1.82) is 0 Å². The van der Waals surface area contributed by atoms with Crippen LogP contribution in [0.25, 0.3) is 0 Å². The van der Waals surface area contributed by atoms with Crippen LogP contribution in [0.5, 0.6) is 5.75 Å². The highest BCUT2D eigenvalue weighted by Gasteiger charge is 2.34. The first-order valence-electron chi connectivity index (χ1n) is 14.4. The Balaban J connectivity index is 1.62. The van der Waals surface area contributed by atoms with Crippen molar-refractivity contribution in [2.24, 2.45) is 0 Å². The zero-order valence-corrected chi connectivity index (χ0v) is 24.2. The van der Waals surface area contributed by atoms with Gasteiger partial charge in [-0.2, -0.15) is 0 Å². The molecule has 216 valence electrons. The Morgan fingerprint density at radius 3 is 2.41 bits per heavy atom. The van der Waals surface area contributed by atoms with Crippen molar-refractivity contribution in [2.45, 2.75) is 77.3 Å². The Hall–Kier alpha value is -4.20. The van der Waals surface area contributed by atoms with Gasteiger partial charge in [-0.3, -0.25) is 19.3 Å². The van der Waals surface area contributed by atoms with Gasteiger partial charge >= 0.3 is 0 Å². The van der Waals surface area contributed by atoms with Crippen molar-refractivity contribution in [3.63, 3.8) is 0 Å². The molecule has 1 aromatic heterocycles. The highest BCUT2D eigenvalue weighted by atomic mass is 16.5. The SMILES string of the molecule is COc1ccc([C@H](C(=O)NC2CCCCC2)N(C(=O)CCCC(=O)Nc2ccccn2)c2cc(C)ccc2C)cc1. The smallest absolute Gasteiger partial charge is 0.248 e. The van der Waals surface area contributed by atoms with Crippen LogP contribution in [-0.2, 0) is 14.4 Å². The van der Waals surface area contributed by atoms with Crippen molar-refractivity contribution in [2.75, 3.05) is 17.3 Å². The van der Waals surface area contributed by atoms with E-state index in [1.54, 1.807) is 36.4 Å². The summed E-state index contributed by atoms with van der Waals surface area (Å²) in [7, 11) is 1.60. The summed E-state index contributed by atoms with van der Waals surface area (Å²) in [6, 6.07) is 17.7. The number of carbonyl (C=O) groups is 3. The molecule has 8 nitrogen and oxygen atoms in total. The molecule has 1 heterocycles. The molecule has 1 fully saturated rings. The van der Waals surface area contributed by atoms with Crippen LogP contribution < -0.4 is 20.3 Å². The molecule has 2 aromatic carbocycles. The summed E-state index contributed by atoms with van der Waals surface area (Å²) < 4.78 is 5.35. The van der Waals surface area contributed by atoms with Crippen molar-refractivity contribution in [1.82, 2.24) is 10.3 Å². The summed E-state index contributed by atoms with van der Waals surface area (Å²) in [6.07, 6.45) is 7.41. The number of hydrogen-bond donors (Lipinski definition) is 2. The minimum Gasteiger partial charge on any atom is -0.497 e. The molecule has 1 atom stereocenters. The summed E-state index contributed by atoms with van der Waals surface area (Å²) in [5.74, 6) is 0.508. The van der Waals surface area contributed by atoms with E-state index in [9.17, 15) is 14.4 Å². The van der Waals surface area contributed by atoms with E-state index in [-0.39, 0.29) is 36.6 Å². The molecular weight excluding hydrogens is 516 g/mol. The van der Waals surface area contributed by atoms with Gasteiger partial charge in [-0.1, -0.05) is 49.6 Å². The van der Waals surface area contributed by atoms with Gasteiger partial charge in [0.1, 0.15) is 17.6 Å². The quantitative estimate of drug-likeness (QED) is 0.300. The fraction of sp³-hybridized carbons (Fsp3) is 0.394. The second kappa shape index (κ2) is 14.4. The molecule has 0 radical (unpaired) electrons. The first kappa shape index (κ1) is 29.8. The predicted molar refractivity (Wildman–Crippen MR) is 161 cm³/mol. The molecule has 1 saturated carbocycles. The van der Waals surface area contributed by atoms with Gasteiger partial charge < -0.3 is 15.4 Å². The first-order valence-corrected chi connectivity index (χ1v) is 14.4.